The molecular weight excluding hydrogens is 192 g/mol. The third-order valence-electron chi connectivity index (χ3n) is 2.24. The smallest absolute Gasteiger partial charge is 0.210 e. The number of carbonyl (C=O) groups is 1. The number of nitrogens with two attached hydrogens (primary N) is 1. The van der Waals surface area contributed by atoms with E-state index in [1.165, 1.54) is 12.5 Å². The van der Waals surface area contributed by atoms with E-state index in [9.17, 15) is 4.79 Å². The van der Waals surface area contributed by atoms with Gasteiger partial charge in [0.2, 0.25) is 5.78 Å². The Labute approximate surface area is 87.8 Å². The van der Waals surface area contributed by atoms with Gasteiger partial charge in [0, 0.05) is 5.57 Å². The van der Waals surface area contributed by atoms with Crippen LogP contribution in [-0.2, 0) is 4.74 Å². The van der Waals surface area contributed by atoms with Gasteiger partial charge in [0.15, 0.2) is 0 Å². The van der Waals surface area contributed by atoms with Crippen LogP contribution in [0.3, 0.4) is 0 Å². The lowest BCUT2D eigenvalue weighted by atomic mass is 10.0. The van der Waals surface area contributed by atoms with E-state index in [2.05, 4.69) is 4.98 Å². The van der Waals surface area contributed by atoms with E-state index in [0.29, 0.717) is 23.6 Å². The van der Waals surface area contributed by atoms with Crippen molar-refractivity contribution in [2.45, 2.75) is 12.8 Å². The van der Waals surface area contributed by atoms with Crippen molar-refractivity contribution < 1.29 is 9.53 Å². The normalized spacial score (nSPS) is 15.3. The molecular formula is C11H12N2O2. The van der Waals surface area contributed by atoms with Crippen molar-refractivity contribution in [1.29, 1.82) is 0 Å². The zero-order valence-electron chi connectivity index (χ0n) is 8.27. The van der Waals surface area contributed by atoms with Crippen molar-refractivity contribution in [2.75, 3.05) is 12.3 Å². The largest absolute Gasteiger partial charge is 0.501 e. The zero-order valence-corrected chi connectivity index (χ0v) is 8.27. The van der Waals surface area contributed by atoms with Gasteiger partial charge in [-0.1, -0.05) is 0 Å². The number of rotatable bonds is 2. The maximum atomic E-state index is 11.9. The lowest BCUT2D eigenvalue weighted by Gasteiger charge is -2.11. The SMILES string of the molecule is Nc1ccc(C(=O)C2=COCCC2)nc1. The molecule has 0 bridgehead atoms. The highest BCUT2D eigenvalue weighted by atomic mass is 16.5. The quantitative estimate of drug-likeness (QED) is 0.742. The fourth-order valence-corrected chi connectivity index (χ4v) is 1.44. The number of nitrogens with zero attached hydrogens (tertiary/aromatic N) is 1. The van der Waals surface area contributed by atoms with E-state index >= 15 is 0 Å². The first kappa shape index (κ1) is 9.71. The molecule has 0 saturated carbocycles. The van der Waals surface area contributed by atoms with Gasteiger partial charge in [-0.2, -0.15) is 0 Å². The highest BCUT2D eigenvalue weighted by Gasteiger charge is 2.16. The number of aromatic nitrogens is 1. The Kier molecular flexibility index (Phi) is 2.67. The minimum Gasteiger partial charge on any atom is -0.501 e. The maximum absolute atomic E-state index is 11.9. The van der Waals surface area contributed by atoms with Crippen LogP contribution in [0.5, 0.6) is 0 Å². The number of ketones is 1. The standard InChI is InChI=1S/C11H12N2O2/c12-9-3-4-10(13-6-9)11(14)8-2-1-5-15-7-8/h3-4,6-7H,1-2,5,12H2. The number of nitrogen functional groups attached to an aromatic ring is 1. The third kappa shape index (κ3) is 2.15. The number of ether oxygens (including phenoxy) is 1. The van der Waals surface area contributed by atoms with Gasteiger partial charge >= 0.3 is 0 Å². The predicted octanol–water partition coefficient (Wildman–Crippen LogP) is 1.54. The number of Topliss-reactive ketones (excluding diaryl/α,β-unsaturated/α-hetero) is 1. The second-order valence-electron chi connectivity index (χ2n) is 3.42. The second-order valence-corrected chi connectivity index (χ2v) is 3.42. The second kappa shape index (κ2) is 4.13. The molecule has 1 aromatic rings. The van der Waals surface area contributed by atoms with Crippen LogP contribution in [0.1, 0.15) is 23.3 Å². The fourth-order valence-electron chi connectivity index (χ4n) is 1.44. The molecule has 0 unspecified atom stereocenters. The van der Waals surface area contributed by atoms with Crippen LogP contribution in [0, 0.1) is 0 Å². The van der Waals surface area contributed by atoms with Gasteiger partial charge in [-0.25, -0.2) is 0 Å². The van der Waals surface area contributed by atoms with E-state index in [1.807, 2.05) is 0 Å². The monoisotopic (exact) mass is 204 g/mol. The molecule has 0 saturated heterocycles. The first-order chi connectivity index (χ1) is 7.27. The van der Waals surface area contributed by atoms with Crippen LogP contribution in [0.2, 0.25) is 0 Å². The third-order valence-corrected chi connectivity index (χ3v) is 2.24. The summed E-state index contributed by atoms with van der Waals surface area (Å²) < 4.78 is 5.11. The van der Waals surface area contributed by atoms with E-state index in [-0.39, 0.29) is 5.78 Å². The molecule has 2 heterocycles. The van der Waals surface area contributed by atoms with Crippen molar-refractivity contribution in [3.05, 3.63) is 35.9 Å². The zero-order chi connectivity index (χ0) is 10.7. The molecule has 0 aliphatic carbocycles. The molecule has 2 N–H and O–H groups in total. The molecule has 0 radical (unpaired) electrons. The summed E-state index contributed by atoms with van der Waals surface area (Å²) in [5.41, 5.74) is 7.14. The number of hydrogen-bond acceptors (Lipinski definition) is 4. The number of carbonyl (C=O) groups excluding carboxylic acids is 1. The summed E-state index contributed by atoms with van der Waals surface area (Å²) >= 11 is 0. The first-order valence-electron chi connectivity index (χ1n) is 4.84. The number of pyridine rings is 1. The Morgan fingerprint density at radius 3 is 2.93 bits per heavy atom. The molecule has 0 spiro atoms. The lowest BCUT2D eigenvalue weighted by Crippen LogP contribution is -2.10. The molecule has 15 heavy (non-hydrogen) atoms. The summed E-state index contributed by atoms with van der Waals surface area (Å²) in [5, 5.41) is 0. The van der Waals surface area contributed by atoms with Crippen LogP contribution in [0.25, 0.3) is 0 Å². The molecule has 0 fully saturated rings. The molecule has 1 aliphatic heterocycles. The number of allylic oxidation sites excluding steroid dienone is 1. The predicted molar refractivity (Wildman–Crippen MR) is 56.2 cm³/mol. The van der Waals surface area contributed by atoms with Gasteiger partial charge in [-0.05, 0) is 25.0 Å². The van der Waals surface area contributed by atoms with Crippen molar-refractivity contribution >= 4 is 11.5 Å². The molecule has 1 aromatic heterocycles. The molecule has 4 heteroatoms. The van der Waals surface area contributed by atoms with Gasteiger partial charge in [0.25, 0.3) is 0 Å². The summed E-state index contributed by atoms with van der Waals surface area (Å²) in [4.78, 5) is 15.8. The van der Waals surface area contributed by atoms with Crippen LogP contribution in [0.4, 0.5) is 5.69 Å². The maximum Gasteiger partial charge on any atom is 0.210 e. The highest BCUT2D eigenvalue weighted by molar-refractivity contribution is 6.07. The van der Waals surface area contributed by atoms with E-state index < -0.39 is 0 Å². The molecule has 2 rings (SSSR count). The first-order valence-corrected chi connectivity index (χ1v) is 4.84. The van der Waals surface area contributed by atoms with Gasteiger partial charge in [0.1, 0.15) is 5.69 Å². The molecule has 0 amide bonds. The Morgan fingerprint density at radius 1 is 1.47 bits per heavy atom. The van der Waals surface area contributed by atoms with Crippen molar-refractivity contribution in [3.8, 4) is 0 Å². The van der Waals surface area contributed by atoms with Crippen molar-refractivity contribution in [1.82, 2.24) is 4.98 Å². The van der Waals surface area contributed by atoms with Crippen LogP contribution in [0.15, 0.2) is 30.2 Å². The Bertz CT molecular complexity index is 396. The minimum absolute atomic E-state index is 0.0744. The summed E-state index contributed by atoms with van der Waals surface area (Å²) in [7, 11) is 0. The lowest BCUT2D eigenvalue weighted by molar-refractivity contribution is 0.101. The average molecular weight is 204 g/mol. The number of anilines is 1. The Hall–Kier alpha value is -1.84. The van der Waals surface area contributed by atoms with E-state index in [0.717, 1.165) is 12.8 Å². The summed E-state index contributed by atoms with van der Waals surface area (Å²) in [5.74, 6) is -0.0744. The van der Waals surface area contributed by atoms with Gasteiger partial charge in [0.05, 0.1) is 24.8 Å². The number of hydrogen-bond donors (Lipinski definition) is 1. The van der Waals surface area contributed by atoms with Crippen LogP contribution < -0.4 is 5.73 Å². The summed E-state index contributed by atoms with van der Waals surface area (Å²) in [6.07, 6.45) is 4.65. The van der Waals surface area contributed by atoms with E-state index in [4.69, 9.17) is 10.5 Å². The van der Waals surface area contributed by atoms with Gasteiger partial charge in [-0.15, -0.1) is 0 Å². The Balaban J connectivity index is 2.20. The average Bonchev–Trinajstić information content (AvgIpc) is 2.30. The van der Waals surface area contributed by atoms with Gasteiger partial charge in [-0.3, -0.25) is 9.78 Å². The van der Waals surface area contributed by atoms with E-state index in [1.54, 1.807) is 12.1 Å². The van der Waals surface area contributed by atoms with Crippen molar-refractivity contribution in [3.63, 3.8) is 0 Å². The molecule has 0 atom stereocenters. The minimum atomic E-state index is -0.0744. The van der Waals surface area contributed by atoms with Gasteiger partial charge < -0.3 is 10.5 Å². The Morgan fingerprint density at radius 2 is 2.33 bits per heavy atom. The summed E-state index contributed by atoms with van der Waals surface area (Å²) in [6, 6.07) is 3.30. The van der Waals surface area contributed by atoms with Crippen LogP contribution >= 0.6 is 0 Å². The molecule has 78 valence electrons. The highest BCUT2D eigenvalue weighted by Crippen LogP contribution is 2.16. The van der Waals surface area contributed by atoms with Crippen LogP contribution in [-0.4, -0.2) is 17.4 Å². The molecule has 4 nitrogen and oxygen atoms in total. The fraction of sp³-hybridized carbons (Fsp3) is 0.273. The summed E-state index contributed by atoms with van der Waals surface area (Å²) in [6.45, 7) is 0.686. The van der Waals surface area contributed by atoms with Crippen molar-refractivity contribution in [2.24, 2.45) is 0 Å². The topological polar surface area (TPSA) is 65.2 Å². The molecule has 0 aromatic carbocycles. The molecule has 1 aliphatic rings.